The van der Waals surface area contributed by atoms with Gasteiger partial charge in [-0.05, 0) is 39.8 Å². The van der Waals surface area contributed by atoms with Crippen LogP contribution in [-0.4, -0.2) is 39.3 Å². The van der Waals surface area contributed by atoms with Gasteiger partial charge in [-0.1, -0.05) is 0 Å². The van der Waals surface area contributed by atoms with Gasteiger partial charge in [-0.3, -0.25) is 0 Å². The Kier molecular flexibility index (Phi) is 10.7. The fourth-order valence-corrected chi connectivity index (χ4v) is 1.58. The predicted octanol–water partition coefficient (Wildman–Crippen LogP) is 6.16. The van der Waals surface area contributed by atoms with Gasteiger partial charge in [0.1, 0.15) is 0 Å². The summed E-state index contributed by atoms with van der Waals surface area (Å²) in [7, 11) is -21.3. The standard InChI is InChI=1S/C12H26N2.2F6P/c1-5-13(6-2)11-9-10-12-14(7-3)8-4;2*1-7(2,3,4,5)6/h9-10H,5-8,11-12H2,1-4H3;;/q;2*-1/p+2/b10-9+;;. The van der Waals surface area contributed by atoms with Gasteiger partial charge in [-0.2, -0.15) is 0 Å². The summed E-state index contributed by atoms with van der Waals surface area (Å²) in [6.45, 7) is 16.3. The van der Waals surface area contributed by atoms with Crippen LogP contribution in [0, 0.1) is 0 Å². The summed E-state index contributed by atoms with van der Waals surface area (Å²) in [5.74, 6) is 0. The number of rotatable bonds is 8. The molecule has 0 aliphatic carbocycles. The van der Waals surface area contributed by atoms with Crippen molar-refractivity contribution in [2.45, 2.75) is 27.7 Å². The van der Waals surface area contributed by atoms with E-state index in [1.54, 1.807) is 9.80 Å². The molecule has 180 valence electrons. The van der Waals surface area contributed by atoms with Gasteiger partial charge in [0.2, 0.25) is 0 Å². The van der Waals surface area contributed by atoms with Crippen LogP contribution in [0.2, 0.25) is 0 Å². The van der Waals surface area contributed by atoms with E-state index in [0.717, 1.165) is 0 Å². The molecule has 0 bridgehead atoms. The second-order valence-electron chi connectivity index (χ2n) is 5.71. The third kappa shape index (κ3) is 72.6. The molecule has 0 amide bonds. The van der Waals surface area contributed by atoms with Crippen LogP contribution in [0.4, 0.5) is 50.4 Å². The summed E-state index contributed by atoms with van der Waals surface area (Å²) in [4.78, 5) is 3.33. The molecule has 0 rings (SSSR count). The van der Waals surface area contributed by atoms with Crippen molar-refractivity contribution in [3.8, 4) is 0 Å². The number of hydrogen-bond acceptors (Lipinski definition) is 0. The summed E-state index contributed by atoms with van der Waals surface area (Å²) in [5.41, 5.74) is 0. The minimum absolute atomic E-state index is 1.19. The molecule has 28 heavy (non-hydrogen) atoms. The Hall–Kier alpha value is -0.320. The van der Waals surface area contributed by atoms with Crippen molar-refractivity contribution >= 4 is 15.6 Å². The first-order valence-electron chi connectivity index (χ1n) is 8.13. The molecule has 0 saturated heterocycles. The Bertz CT molecular complexity index is 391. The molecular formula is C12H28F12N2P2. The Morgan fingerprint density at radius 3 is 0.714 bits per heavy atom. The summed E-state index contributed by atoms with van der Waals surface area (Å²) in [5, 5.41) is 0. The van der Waals surface area contributed by atoms with Crippen molar-refractivity contribution in [2.24, 2.45) is 0 Å². The predicted molar refractivity (Wildman–Crippen MR) is 90.1 cm³/mol. The van der Waals surface area contributed by atoms with Crippen LogP contribution in [-0.2, 0) is 0 Å². The van der Waals surface area contributed by atoms with E-state index in [-0.39, 0.29) is 0 Å². The fraction of sp³-hybridized carbons (Fsp3) is 0.833. The molecular weight excluding hydrogens is 462 g/mol. The maximum absolute atomic E-state index is 10.7. The van der Waals surface area contributed by atoms with E-state index in [9.17, 15) is 50.4 Å². The van der Waals surface area contributed by atoms with Crippen molar-refractivity contribution in [1.82, 2.24) is 0 Å². The molecule has 0 aliphatic rings. The van der Waals surface area contributed by atoms with Crippen molar-refractivity contribution in [3.05, 3.63) is 12.2 Å². The second-order valence-corrected chi connectivity index (χ2v) is 9.54. The summed E-state index contributed by atoms with van der Waals surface area (Å²) in [6.07, 6.45) is 4.68. The molecule has 0 spiro atoms. The summed E-state index contributed by atoms with van der Waals surface area (Å²) in [6, 6.07) is 0. The van der Waals surface area contributed by atoms with E-state index in [1.807, 2.05) is 0 Å². The van der Waals surface area contributed by atoms with E-state index in [2.05, 4.69) is 39.8 Å². The fourth-order valence-electron chi connectivity index (χ4n) is 1.58. The van der Waals surface area contributed by atoms with Crippen LogP contribution in [0.5, 0.6) is 0 Å². The van der Waals surface area contributed by atoms with E-state index >= 15 is 0 Å². The zero-order chi connectivity index (χ0) is 23.6. The summed E-state index contributed by atoms with van der Waals surface area (Å²) >= 11 is 0. The second kappa shape index (κ2) is 9.22. The van der Waals surface area contributed by atoms with Gasteiger partial charge in [0.15, 0.2) is 0 Å². The van der Waals surface area contributed by atoms with Gasteiger partial charge >= 0.3 is 66.0 Å². The first kappa shape index (κ1) is 32.3. The zero-order valence-electron chi connectivity index (χ0n) is 15.8. The van der Waals surface area contributed by atoms with Crippen LogP contribution in [0.3, 0.4) is 0 Å². The third-order valence-electron chi connectivity index (χ3n) is 2.98. The average Bonchev–Trinajstić information content (AvgIpc) is 2.36. The number of likely N-dealkylation sites (N-methyl/N-ethyl adjacent to an activating group) is 2. The Morgan fingerprint density at radius 1 is 0.464 bits per heavy atom. The van der Waals surface area contributed by atoms with Gasteiger partial charge in [0.25, 0.3) is 0 Å². The molecule has 0 aliphatic heterocycles. The molecule has 0 heterocycles. The number of quaternary nitrogens is 2. The van der Waals surface area contributed by atoms with Crippen molar-refractivity contribution in [3.63, 3.8) is 0 Å². The van der Waals surface area contributed by atoms with Gasteiger partial charge in [-0.25, -0.2) is 0 Å². The topological polar surface area (TPSA) is 8.88 Å². The third-order valence-corrected chi connectivity index (χ3v) is 2.98. The van der Waals surface area contributed by atoms with E-state index < -0.39 is 15.6 Å². The molecule has 0 aromatic carbocycles. The Balaban J connectivity index is -0.000000375. The molecule has 16 heteroatoms. The van der Waals surface area contributed by atoms with Crippen LogP contribution in [0.15, 0.2) is 12.2 Å². The van der Waals surface area contributed by atoms with Gasteiger partial charge < -0.3 is 9.80 Å². The van der Waals surface area contributed by atoms with Crippen LogP contribution in [0.1, 0.15) is 27.7 Å². The van der Waals surface area contributed by atoms with E-state index in [0.29, 0.717) is 0 Å². The first-order chi connectivity index (χ1) is 11.7. The zero-order valence-corrected chi connectivity index (χ0v) is 17.6. The van der Waals surface area contributed by atoms with Crippen LogP contribution in [0.25, 0.3) is 0 Å². The van der Waals surface area contributed by atoms with Crippen LogP contribution < -0.4 is 9.80 Å². The normalized spacial score (nSPS) is 17.6. The first-order valence-corrected chi connectivity index (χ1v) is 12.2. The quantitative estimate of drug-likeness (QED) is 0.229. The Morgan fingerprint density at radius 2 is 0.607 bits per heavy atom. The average molecular weight is 490 g/mol. The molecule has 0 radical (unpaired) electrons. The number of nitrogens with one attached hydrogen (secondary N) is 2. The van der Waals surface area contributed by atoms with Crippen LogP contribution >= 0.6 is 15.6 Å². The Labute approximate surface area is 156 Å². The van der Waals surface area contributed by atoms with E-state index in [1.165, 1.54) is 39.3 Å². The minimum atomic E-state index is -10.7. The summed E-state index contributed by atoms with van der Waals surface area (Å²) < 4.78 is 118. The molecule has 2 N–H and O–H groups in total. The van der Waals surface area contributed by atoms with Gasteiger partial charge in [-0.15, -0.1) is 0 Å². The monoisotopic (exact) mass is 490 g/mol. The number of halogens is 12. The van der Waals surface area contributed by atoms with Crippen molar-refractivity contribution in [2.75, 3.05) is 39.3 Å². The van der Waals surface area contributed by atoms with Crippen molar-refractivity contribution < 1.29 is 60.2 Å². The van der Waals surface area contributed by atoms with Crippen molar-refractivity contribution in [1.29, 1.82) is 0 Å². The molecule has 0 fully saturated rings. The molecule has 0 atom stereocenters. The molecule has 0 aromatic rings. The maximum atomic E-state index is 9.87. The van der Waals surface area contributed by atoms with E-state index in [4.69, 9.17) is 0 Å². The molecule has 0 saturated carbocycles. The molecule has 0 aromatic heterocycles. The SMILES string of the molecule is CC[NH+](CC)C/C=C/C[NH+](CC)CC.F[P-](F)(F)(F)(F)F.F[P-](F)(F)(F)(F)F. The number of hydrogen-bond donors (Lipinski definition) is 2. The molecule has 2 nitrogen and oxygen atoms in total. The molecule has 0 unspecified atom stereocenters. The van der Waals surface area contributed by atoms with Gasteiger partial charge in [0.05, 0.1) is 39.3 Å². The van der Waals surface area contributed by atoms with Gasteiger partial charge in [0, 0.05) is 0 Å².